The third-order valence-electron chi connectivity index (χ3n) is 5.00. The summed E-state index contributed by atoms with van der Waals surface area (Å²) in [6.45, 7) is 0.593. The van der Waals surface area contributed by atoms with Crippen LogP contribution in [0.4, 0.5) is 5.82 Å². The fourth-order valence-electron chi connectivity index (χ4n) is 3.58. The lowest BCUT2D eigenvalue weighted by Crippen LogP contribution is -2.08. The number of hydrogen-bond donors (Lipinski definition) is 3. The van der Waals surface area contributed by atoms with Crippen LogP contribution in [-0.2, 0) is 29.0 Å². The molecule has 4 aromatic rings. The number of fused-ring (bicyclic) bond motifs is 1. The average Bonchev–Trinajstić information content (AvgIpc) is 3.12. The molecular weight excluding hydrogens is 394 g/mol. The van der Waals surface area contributed by atoms with Gasteiger partial charge in [-0.1, -0.05) is 48.5 Å². The number of carboxylic acids is 2. The summed E-state index contributed by atoms with van der Waals surface area (Å²) in [4.78, 5) is 27.3. The van der Waals surface area contributed by atoms with Crippen LogP contribution in [0.3, 0.4) is 0 Å². The van der Waals surface area contributed by atoms with Crippen LogP contribution < -0.4 is 5.32 Å². The molecule has 0 fully saturated rings. The van der Waals surface area contributed by atoms with Gasteiger partial charge in [-0.3, -0.25) is 14.0 Å². The van der Waals surface area contributed by atoms with E-state index >= 15 is 0 Å². The van der Waals surface area contributed by atoms with Gasteiger partial charge in [0.1, 0.15) is 17.2 Å². The minimum atomic E-state index is -1.01. The van der Waals surface area contributed by atoms with Gasteiger partial charge >= 0.3 is 11.9 Å². The van der Waals surface area contributed by atoms with Crippen molar-refractivity contribution in [1.82, 2.24) is 9.38 Å². The van der Waals surface area contributed by atoms with Crippen molar-refractivity contribution in [2.75, 3.05) is 5.32 Å². The van der Waals surface area contributed by atoms with E-state index in [1.807, 2.05) is 59.1 Å². The molecule has 0 saturated carbocycles. The van der Waals surface area contributed by atoms with Crippen LogP contribution in [0.25, 0.3) is 16.9 Å². The highest BCUT2D eigenvalue weighted by atomic mass is 16.4. The highest BCUT2D eigenvalue weighted by Crippen LogP contribution is 2.31. The lowest BCUT2D eigenvalue weighted by molar-refractivity contribution is -0.137. The predicted octanol–water partition coefficient (Wildman–Crippen LogP) is 3.87. The molecule has 0 aliphatic heterocycles. The van der Waals surface area contributed by atoms with Crippen molar-refractivity contribution in [3.8, 4) is 11.3 Å². The molecule has 31 heavy (non-hydrogen) atoms. The summed E-state index contributed by atoms with van der Waals surface area (Å²) in [6.07, 6.45) is 1.43. The molecule has 0 unspecified atom stereocenters. The molecule has 4 rings (SSSR count). The number of nitrogens with zero attached hydrogens (tertiary/aromatic N) is 2. The zero-order valence-electron chi connectivity index (χ0n) is 16.7. The molecule has 2 aromatic heterocycles. The second-order valence-corrected chi connectivity index (χ2v) is 7.20. The lowest BCUT2D eigenvalue weighted by atomic mass is 9.97. The van der Waals surface area contributed by atoms with E-state index in [9.17, 15) is 14.7 Å². The minimum absolute atomic E-state index is 0.229. The van der Waals surface area contributed by atoms with Crippen LogP contribution in [0.1, 0.15) is 16.7 Å². The van der Waals surface area contributed by atoms with Crippen molar-refractivity contribution in [2.24, 2.45) is 0 Å². The Labute approximate surface area is 178 Å². The van der Waals surface area contributed by atoms with Gasteiger partial charge in [-0.25, -0.2) is 4.98 Å². The Bertz CT molecular complexity index is 1250. The van der Waals surface area contributed by atoms with E-state index in [4.69, 9.17) is 10.1 Å². The summed E-state index contributed by atoms with van der Waals surface area (Å²) in [5.41, 5.74) is 4.23. The monoisotopic (exact) mass is 415 g/mol. The van der Waals surface area contributed by atoms with Crippen LogP contribution >= 0.6 is 0 Å². The van der Waals surface area contributed by atoms with Gasteiger partial charge in [-0.15, -0.1) is 0 Å². The first-order valence-electron chi connectivity index (χ1n) is 9.82. The summed E-state index contributed by atoms with van der Waals surface area (Å²) in [5.74, 6) is -1.23. The number of imidazole rings is 1. The smallest absolute Gasteiger partial charge is 0.307 e. The number of benzene rings is 2. The standard InChI is InChI=1S/C24H21N3O4/c28-21(29)13-17-9-10-18(12-19(17)14-22(30)31)23-24(25-15-16-6-2-1-3-7-16)27-11-5-4-8-20(27)26-23/h1-12,25H,13-15H2,(H,28,29)(H,30,31). The minimum Gasteiger partial charge on any atom is -0.481 e. The van der Waals surface area contributed by atoms with Gasteiger partial charge in [0.25, 0.3) is 0 Å². The lowest BCUT2D eigenvalue weighted by Gasteiger charge is -2.11. The predicted molar refractivity (Wildman–Crippen MR) is 117 cm³/mol. The molecule has 3 N–H and O–H groups in total. The average molecular weight is 415 g/mol. The second kappa shape index (κ2) is 8.71. The topological polar surface area (TPSA) is 104 Å². The molecule has 0 bridgehead atoms. The third-order valence-corrected chi connectivity index (χ3v) is 5.00. The first kappa shape index (κ1) is 20.2. The van der Waals surface area contributed by atoms with Crippen LogP contribution in [0.15, 0.2) is 72.9 Å². The number of carboxylic acid groups (broad SMARTS) is 2. The first-order valence-corrected chi connectivity index (χ1v) is 9.82. The molecule has 0 spiro atoms. The number of rotatable bonds is 8. The molecule has 7 nitrogen and oxygen atoms in total. The van der Waals surface area contributed by atoms with Crippen LogP contribution in [0.2, 0.25) is 0 Å². The van der Waals surface area contributed by atoms with Crippen LogP contribution in [-0.4, -0.2) is 31.5 Å². The van der Waals surface area contributed by atoms with E-state index in [2.05, 4.69) is 5.32 Å². The van der Waals surface area contributed by atoms with Gasteiger partial charge < -0.3 is 15.5 Å². The van der Waals surface area contributed by atoms with Gasteiger partial charge in [0.15, 0.2) is 0 Å². The van der Waals surface area contributed by atoms with E-state index in [1.54, 1.807) is 18.2 Å². The van der Waals surface area contributed by atoms with Crippen molar-refractivity contribution in [3.63, 3.8) is 0 Å². The normalized spacial score (nSPS) is 10.8. The summed E-state index contributed by atoms with van der Waals surface area (Å²) in [5, 5.41) is 21.9. The fourth-order valence-corrected chi connectivity index (χ4v) is 3.58. The van der Waals surface area contributed by atoms with Gasteiger partial charge in [-0.05, 0) is 34.9 Å². The fraction of sp³-hybridized carbons (Fsp3) is 0.125. The van der Waals surface area contributed by atoms with E-state index in [0.29, 0.717) is 23.4 Å². The molecular formula is C24H21N3O4. The van der Waals surface area contributed by atoms with Crippen molar-refractivity contribution < 1.29 is 19.8 Å². The number of pyridine rings is 1. The maximum atomic E-state index is 11.3. The Morgan fingerprint density at radius 3 is 2.32 bits per heavy atom. The number of anilines is 1. The molecule has 0 amide bonds. The molecule has 0 aliphatic rings. The number of aliphatic carboxylic acids is 2. The first-order chi connectivity index (χ1) is 15.0. The zero-order chi connectivity index (χ0) is 21.8. The number of aromatic nitrogens is 2. The zero-order valence-corrected chi connectivity index (χ0v) is 16.7. The molecule has 2 heterocycles. The maximum absolute atomic E-state index is 11.3. The molecule has 7 heteroatoms. The number of hydrogen-bond acceptors (Lipinski definition) is 4. The van der Waals surface area contributed by atoms with E-state index in [0.717, 1.165) is 22.6 Å². The number of carbonyl (C=O) groups is 2. The molecule has 0 radical (unpaired) electrons. The highest BCUT2D eigenvalue weighted by Gasteiger charge is 2.17. The Morgan fingerprint density at radius 1 is 0.871 bits per heavy atom. The van der Waals surface area contributed by atoms with E-state index in [1.165, 1.54) is 0 Å². The summed E-state index contributed by atoms with van der Waals surface area (Å²) in [6, 6.07) is 20.9. The Morgan fingerprint density at radius 2 is 1.58 bits per heavy atom. The van der Waals surface area contributed by atoms with Gasteiger partial charge in [0.05, 0.1) is 12.8 Å². The van der Waals surface area contributed by atoms with Crippen molar-refractivity contribution >= 4 is 23.4 Å². The summed E-state index contributed by atoms with van der Waals surface area (Å²) in [7, 11) is 0. The van der Waals surface area contributed by atoms with Crippen LogP contribution in [0, 0.1) is 0 Å². The molecule has 0 atom stereocenters. The quantitative estimate of drug-likeness (QED) is 0.404. The van der Waals surface area contributed by atoms with Crippen LogP contribution in [0.5, 0.6) is 0 Å². The van der Waals surface area contributed by atoms with Crippen molar-refractivity contribution in [2.45, 2.75) is 19.4 Å². The molecule has 156 valence electrons. The second-order valence-electron chi connectivity index (χ2n) is 7.20. The SMILES string of the molecule is O=C(O)Cc1ccc(-c2nc3ccccn3c2NCc2ccccc2)cc1CC(=O)O. The Balaban J connectivity index is 1.77. The maximum Gasteiger partial charge on any atom is 0.307 e. The van der Waals surface area contributed by atoms with Gasteiger partial charge in [0.2, 0.25) is 0 Å². The van der Waals surface area contributed by atoms with Crippen molar-refractivity contribution in [3.05, 3.63) is 89.6 Å². The molecule has 2 aromatic carbocycles. The summed E-state index contributed by atoms with van der Waals surface area (Å²) < 4.78 is 1.94. The largest absolute Gasteiger partial charge is 0.481 e. The van der Waals surface area contributed by atoms with E-state index in [-0.39, 0.29) is 12.8 Å². The highest BCUT2D eigenvalue weighted by molar-refractivity contribution is 5.80. The Kier molecular flexibility index (Phi) is 5.66. The Hall–Kier alpha value is -4.13. The number of nitrogens with one attached hydrogen (secondary N) is 1. The van der Waals surface area contributed by atoms with E-state index < -0.39 is 11.9 Å². The van der Waals surface area contributed by atoms with Gasteiger partial charge in [-0.2, -0.15) is 0 Å². The third kappa shape index (κ3) is 4.56. The molecule has 0 aliphatic carbocycles. The van der Waals surface area contributed by atoms with Gasteiger partial charge in [0, 0.05) is 18.3 Å². The van der Waals surface area contributed by atoms with Crippen molar-refractivity contribution in [1.29, 1.82) is 0 Å². The summed E-state index contributed by atoms with van der Waals surface area (Å²) >= 11 is 0. The molecule has 0 saturated heterocycles.